The minimum absolute atomic E-state index is 0.117. The quantitative estimate of drug-likeness (QED) is 0.554. The lowest BCUT2D eigenvalue weighted by molar-refractivity contribution is -0.149. The van der Waals surface area contributed by atoms with Gasteiger partial charge in [-0.15, -0.1) is 0 Å². The summed E-state index contributed by atoms with van der Waals surface area (Å²) < 4.78 is 5.00. The average molecular weight is 142 g/mol. The molecule has 0 radical (unpaired) electrons. The Kier molecular flexibility index (Phi) is 2.09. The molecule has 1 saturated heterocycles. The van der Waals surface area contributed by atoms with E-state index in [1.54, 1.807) is 0 Å². The van der Waals surface area contributed by atoms with Crippen LogP contribution in [-0.2, 0) is 9.53 Å². The van der Waals surface area contributed by atoms with Crippen LogP contribution in [0.1, 0.15) is 20.3 Å². The van der Waals surface area contributed by atoms with E-state index in [0.29, 0.717) is 19.1 Å². The smallest absolute Gasteiger partial charge is 0.130 e. The van der Waals surface area contributed by atoms with Crippen molar-refractivity contribution in [3.63, 3.8) is 0 Å². The van der Waals surface area contributed by atoms with Crippen molar-refractivity contribution in [2.75, 3.05) is 13.2 Å². The molecule has 0 saturated carbocycles. The fourth-order valence-electron chi connectivity index (χ4n) is 1.41. The van der Waals surface area contributed by atoms with Gasteiger partial charge < -0.3 is 9.53 Å². The van der Waals surface area contributed by atoms with Crippen molar-refractivity contribution in [1.29, 1.82) is 0 Å². The van der Waals surface area contributed by atoms with Crippen molar-refractivity contribution < 1.29 is 9.53 Å². The van der Waals surface area contributed by atoms with E-state index in [9.17, 15) is 4.79 Å². The van der Waals surface area contributed by atoms with Gasteiger partial charge in [-0.1, -0.05) is 13.8 Å². The van der Waals surface area contributed by atoms with Gasteiger partial charge in [0.15, 0.2) is 0 Å². The molecule has 1 aliphatic rings. The molecule has 0 unspecified atom stereocenters. The summed E-state index contributed by atoms with van der Waals surface area (Å²) in [6.07, 6.45) is 2.02. The van der Waals surface area contributed by atoms with Crippen molar-refractivity contribution in [3.8, 4) is 0 Å². The van der Waals surface area contributed by atoms with Crippen LogP contribution in [0.25, 0.3) is 0 Å². The molecule has 0 amide bonds. The highest BCUT2D eigenvalue weighted by Crippen LogP contribution is 2.31. The van der Waals surface area contributed by atoms with Gasteiger partial charge in [0.2, 0.25) is 0 Å². The van der Waals surface area contributed by atoms with E-state index in [4.69, 9.17) is 4.74 Å². The highest BCUT2D eigenvalue weighted by Gasteiger charge is 2.38. The standard InChI is InChI=1S/C8H14O2/c1-7(2)3-8(4-9)5-10-6-8/h4,7H,3,5-6H2,1-2H3. The lowest BCUT2D eigenvalue weighted by Gasteiger charge is -2.37. The third kappa shape index (κ3) is 1.37. The van der Waals surface area contributed by atoms with Crippen molar-refractivity contribution in [1.82, 2.24) is 0 Å². The fraction of sp³-hybridized carbons (Fsp3) is 0.875. The van der Waals surface area contributed by atoms with E-state index < -0.39 is 0 Å². The van der Waals surface area contributed by atoms with E-state index in [1.165, 1.54) is 0 Å². The van der Waals surface area contributed by atoms with Crippen LogP contribution in [0.2, 0.25) is 0 Å². The molecule has 58 valence electrons. The van der Waals surface area contributed by atoms with Gasteiger partial charge in [-0.3, -0.25) is 0 Å². The molecule has 1 aliphatic heterocycles. The third-order valence-electron chi connectivity index (χ3n) is 1.84. The summed E-state index contributed by atoms with van der Waals surface area (Å²) in [5, 5.41) is 0. The van der Waals surface area contributed by atoms with Crippen LogP contribution >= 0.6 is 0 Å². The molecule has 0 aliphatic carbocycles. The van der Waals surface area contributed by atoms with E-state index >= 15 is 0 Å². The number of carbonyl (C=O) groups excluding carboxylic acids is 1. The zero-order valence-corrected chi connectivity index (χ0v) is 6.59. The van der Waals surface area contributed by atoms with Crippen LogP contribution in [0.15, 0.2) is 0 Å². The van der Waals surface area contributed by atoms with Crippen LogP contribution in [0, 0.1) is 11.3 Å². The number of carbonyl (C=O) groups is 1. The maximum absolute atomic E-state index is 10.6. The predicted molar refractivity (Wildman–Crippen MR) is 38.8 cm³/mol. The summed E-state index contributed by atoms with van der Waals surface area (Å²) in [4.78, 5) is 10.6. The van der Waals surface area contributed by atoms with Crippen LogP contribution < -0.4 is 0 Å². The molecule has 0 spiro atoms. The first-order valence-corrected chi connectivity index (χ1v) is 3.73. The lowest BCUT2D eigenvalue weighted by Crippen LogP contribution is -2.44. The molecule has 10 heavy (non-hydrogen) atoms. The van der Waals surface area contributed by atoms with Crippen LogP contribution in [0.3, 0.4) is 0 Å². The minimum atomic E-state index is -0.117. The molecule has 1 fully saturated rings. The second-order valence-electron chi connectivity index (χ2n) is 3.57. The van der Waals surface area contributed by atoms with Crippen LogP contribution in [0.5, 0.6) is 0 Å². The molecular weight excluding hydrogens is 128 g/mol. The Bertz CT molecular complexity index is 125. The van der Waals surface area contributed by atoms with Crippen LogP contribution in [0.4, 0.5) is 0 Å². The Morgan fingerprint density at radius 3 is 2.30 bits per heavy atom. The summed E-state index contributed by atoms with van der Waals surface area (Å²) >= 11 is 0. The zero-order chi connectivity index (χ0) is 7.61. The maximum atomic E-state index is 10.6. The molecule has 0 aromatic rings. The highest BCUT2D eigenvalue weighted by atomic mass is 16.5. The monoisotopic (exact) mass is 142 g/mol. The predicted octanol–water partition coefficient (Wildman–Crippen LogP) is 1.25. The largest absolute Gasteiger partial charge is 0.379 e. The third-order valence-corrected chi connectivity index (χ3v) is 1.84. The van der Waals surface area contributed by atoms with Gasteiger partial charge >= 0.3 is 0 Å². The minimum Gasteiger partial charge on any atom is -0.379 e. The second-order valence-corrected chi connectivity index (χ2v) is 3.57. The number of hydrogen-bond donors (Lipinski definition) is 0. The fourth-order valence-corrected chi connectivity index (χ4v) is 1.41. The van der Waals surface area contributed by atoms with Gasteiger partial charge in [0.25, 0.3) is 0 Å². The molecule has 1 heterocycles. The zero-order valence-electron chi connectivity index (χ0n) is 6.59. The lowest BCUT2D eigenvalue weighted by atomic mass is 9.80. The Labute approximate surface area is 61.6 Å². The molecular formula is C8H14O2. The molecule has 1 rings (SSSR count). The summed E-state index contributed by atoms with van der Waals surface area (Å²) in [6.45, 7) is 5.52. The molecule has 0 aromatic heterocycles. The van der Waals surface area contributed by atoms with Crippen molar-refractivity contribution in [2.45, 2.75) is 20.3 Å². The van der Waals surface area contributed by atoms with E-state index in [0.717, 1.165) is 12.7 Å². The van der Waals surface area contributed by atoms with Crippen molar-refractivity contribution in [3.05, 3.63) is 0 Å². The molecule has 2 nitrogen and oxygen atoms in total. The Morgan fingerprint density at radius 2 is 2.20 bits per heavy atom. The molecule has 0 N–H and O–H groups in total. The number of ether oxygens (including phenoxy) is 1. The van der Waals surface area contributed by atoms with Gasteiger partial charge in [0.1, 0.15) is 6.29 Å². The maximum Gasteiger partial charge on any atom is 0.130 e. The first-order valence-electron chi connectivity index (χ1n) is 3.73. The molecule has 0 bridgehead atoms. The molecule has 2 heteroatoms. The highest BCUT2D eigenvalue weighted by molar-refractivity contribution is 5.61. The SMILES string of the molecule is CC(C)CC1(C=O)COC1. The van der Waals surface area contributed by atoms with Crippen LogP contribution in [-0.4, -0.2) is 19.5 Å². The number of rotatable bonds is 3. The topological polar surface area (TPSA) is 26.3 Å². The van der Waals surface area contributed by atoms with E-state index in [1.807, 2.05) is 0 Å². The number of hydrogen-bond acceptors (Lipinski definition) is 2. The van der Waals surface area contributed by atoms with E-state index in [2.05, 4.69) is 13.8 Å². The first kappa shape index (κ1) is 7.73. The Hall–Kier alpha value is -0.370. The first-order chi connectivity index (χ1) is 4.68. The van der Waals surface area contributed by atoms with Gasteiger partial charge in [-0.2, -0.15) is 0 Å². The Morgan fingerprint density at radius 1 is 1.60 bits per heavy atom. The number of aldehydes is 1. The van der Waals surface area contributed by atoms with Gasteiger partial charge in [-0.05, 0) is 12.3 Å². The summed E-state index contributed by atoms with van der Waals surface area (Å²) in [5.41, 5.74) is -0.117. The van der Waals surface area contributed by atoms with Gasteiger partial charge in [-0.25, -0.2) is 0 Å². The summed E-state index contributed by atoms with van der Waals surface area (Å²) in [5.74, 6) is 0.592. The van der Waals surface area contributed by atoms with E-state index in [-0.39, 0.29) is 5.41 Å². The average Bonchev–Trinajstić information content (AvgIpc) is 1.78. The Balaban J connectivity index is 2.40. The van der Waals surface area contributed by atoms with Crippen molar-refractivity contribution in [2.24, 2.45) is 11.3 Å². The van der Waals surface area contributed by atoms with Gasteiger partial charge in [0.05, 0.1) is 18.6 Å². The second kappa shape index (κ2) is 2.70. The summed E-state index contributed by atoms with van der Waals surface area (Å²) in [6, 6.07) is 0. The summed E-state index contributed by atoms with van der Waals surface area (Å²) in [7, 11) is 0. The molecule has 0 aromatic carbocycles. The normalized spacial score (nSPS) is 22.3. The molecule has 0 atom stereocenters. The van der Waals surface area contributed by atoms with Crippen molar-refractivity contribution >= 4 is 6.29 Å². The van der Waals surface area contributed by atoms with Gasteiger partial charge in [0, 0.05) is 0 Å².